The Hall–Kier alpha value is -2.04. The van der Waals surface area contributed by atoms with Gasteiger partial charge in [-0.2, -0.15) is 0 Å². The molecule has 3 N–H and O–H groups in total. The van der Waals surface area contributed by atoms with Crippen molar-refractivity contribution in [2.24, 2.45) is 0 Å². The molecule has 0 amide bonds. The SMILES string of the molecule is Nc1nnc(NC2CCCc3ccccc32)o1. The first-order valence-electron chi connectivity index (χ1n) is 5.76. The average Bonchev–Trinajstić information content (AvgIpc) is 2.75. The van der Waals surface area contributed by atoms with E-state index in [0.717, 1.165) is 19.3 Å². The summed E-state index contributed by atoms with van der Waals surface area (Å²) in [4.78, 5) is 0. The summed E-state index contributed by atoms with van der Waals surface area (Å²) >= 11 is 0. The fourth-order valence-electron chi connectivity index (χ4n) is 2.35. The van der Waals surface area contributed by atoms with E-state index in [1.54, 1.807) is 0 Å². The van der Waals surface area contributed by atoms with E-state index in [0.29, 0.717) is 6.01 Å². The van der Waals surface area contributed by atoms with Gasteiger partial charge in [0, 0.05) is 0 Å². The van der Waals surface area contributed by atoms with Crippen LogP contribution in [0, 0.1) is 0 Å². The molecule has 1 aliphatic carbocycles. The Kier molecular flexibility index (Phi) is 2.44. The van der Waals surface area contributed by atoms with Crippen LogP contribution in [-0.2, 0) is 6.42 Å². The second kappa shape index (κ2) is 4.08. The molecule has 0 saturated carbocycles. The van der Waals surface area contributed by atoms with Crippen LogP contribution in [0.3, 0.4) is 0 Å². The zero-order chi connectivity index (χ0) is 11.7. The molecule has 17 heavy (non-hydrogen) atoms. The Morgan fingerprint density at radius 2 is 2.18 bits per heavy atom. The molecule has 1 aromatic carbocycles. The van der Waals surface area contributed by atoms with Gasteiger partial charge in [-0.05, 0) is 30.4 Å². The Bertz CT molecular complexity index is 523. The number of nitrogens with two attached hydrogens (primary N) is 1. The second-order valence-electron chi connectivity index (χ2n) is 4.23. The van der Waals surface area contributed by atoms with Gasteiger partial charge in [0.1, 0.15) is 0 Å². The first-order valence-corrected chi connectivity index (χ1v) is 5.76. The van der Waals surface area contributed by atoms with Crippen LogP contribution >= 0.6 is 0 Å². The molecule has 0 aliphatic heterocycles. The molecular weight excluding hydrogens is 216 g/mol. The summed E-state index contributed by atoms with van der Waals surface area (Å²) < 4.78 is 5.15. The van der Waals surface area contributed by atoms with Gasteiger partial charge in [0.2, 0.25) is 0 Å². The van der Waals surface area contributed by atoms with E-state index in [1.807, 2.05) is 0 Å². The van der Waals surface area contributed by atoms with Crippen LogP contribution in [0.5, 0.6) is 0 Å². The lowest BCUT2D eigenvalue weighted by atomic mass is 9.88. The van der Waals surface area contributed by atoms with Gasteiger partial charge in [-0.3, -0.25) is 0 Å². The van der Waals surface area contributed by atoms with E-state index in [2.05, 4.69) is 39.8 Å². The molecule has 88 valence electrons. The number of anilines is 2. The molecule has 1 atom stereocenters. The highest BCUT2D eigenvalue weighted by atomic mass is 16.4. The summed E-state index contributed by atoms with van der Waals surface area (Å²) in [5.41, 5.74) is 8.11. The fraction of sp³-hybridized carbons (Fsp3) is 0.333. The van der Waals surface area contributed by atoms with Crippen molar-refractivity contribution in [3.63, 3.8) is 0 Å². The third-order valence-corrected chi connectivity index (χ3v) is 3.11. The minimum Gasteiger partial charge on any atom is -0.390 e. The third kappa shape index (κ3) is 1.95. The van der Waals surface area contributed by atoms with Crippen LogP contribution in [0.1, 0.15) is 30.0 Å². The maximum absolute atomic E-state index is 5.40. The Balaban J connectivity index is 1.85. The van der Waals surface area contributed by atoms with E-state index in [4.69, 9.17) is 10.2 Å². The smallest absolute Gasteiger partial charge is 0.317 e. The predicted octanol–water partition coefficient (Wildman–Crippen LogP) is 2.14. The summed E-state index contributed by atoms with van der Waals surface area (Å²) in [7, 11) is 0. The summed E-state index contributed by atoms with van der Waals surface area (Å²) in [5.74, 6) is 0. The number of nitrogens with one attached hydrogen (secondary N) is 1. The van der Waals surface area contributed by atoms with E-state index in [-0.39, 0.29) is 12.1 Å². The van der Waals surface area contributed by atoms with Crippen LogP contribution in [-0.4, -0.2) is 10.2 Å². The quantitative estimate of drug-likeness (QED) is 0.826. The summed E-state index contributed by atoms with van der Waals surface area (Å²) in [6.45, 7) is 0. The van der Waals surface area contributed by atoms with E-state index < -0.39 is 0 Å². The van der Waals surface area contributed by atoms with Crippen LogP contribution in [0.4, 0.5) is 12.0 Å². The largest absolute Gasteiger partial charge is 0.390 e. The number of nitrogens with zero attached hydrogens (tertiary/aromatic N) is 2. The van der Waals surface area contributed by atoms with Crippen LogP contribution < -0.4 is 11.1 Å². The van der Waals surface area contributed by atoms with Crippen LogP contribution in [0.25, 0.3) is 0 Å². The molecule has 0 spiro atoms. The Labute approximate surface area is 99.0 Å². The van der Waals surface area contributed by atoms with Gasteiger partial charge < -0.3 is 15.5 Å². The number of nitrogen functional groups attached to an aromatic ring is 1. The maximum Gasteiger partial charge on any atom is 0.317 e. The molecule has 2 aromatic rings. The van der Waals surface area contributed by atoms with Gasteiger partial charge in [0.25, 0.3) is 0 Å². The van der Waals surface area contributed by atoms with Gasteiger partial charge in [0.05, 0.1) is 6.04 Å². The zero-order valence-electron chi connectivity index (χ0n) is 9.39. The van der Waals surface area contributed by atoms with E-state index in [1.165, 1.54) is 11.1 Å². The fourth-order valence-corrected chi connectivity index (χ4v) is 2.35. The van der Waals surface area contributed by atoms with Crippen molar-refractivity contribution in [3.05, 3.63) is 35.4 Å². The molecule has 3 rings (SSSR count). The minimum absolute atomic E-state index is 0.0941. The number of benzene rings is 1. The van der Waals surface area contributed by atoms with Gasteiger partial charge in [-0.15, -0.1) is 0 Å². The summed E-state index contributed by atoms with van der Waals surface area (Å²) in [6.07, 6.45) is 3.37. The van der Waals surface area contributed by atoms with Crippen molar-refractivity contribution in [1.82, 2.24) is 10.2 Å². The first kappa shape index (κ1) is 10.1. The van der Waals surface area contributed by atoms with Gasteiger partial charge in [-0.1, -0.05) is 34.5 Å². The molecule has 5 heteroatoms. The number of hydrogen-bond acceptors (Lipinski definition) is 5. The molecule has 0 saturated heterocycles. The zero-order valence-corrected chi connectivity index (χ0v) is 9.39. The lowest BCUT2D eigenvalue weighted by molar-refractivity contribution is 0.544. The Morgan fingerprint density at radius 1 is 1.29 bits per heavy atom. The molecular formula is C12H14N4O. The lowest BCUT2D eigenvalue weighted by Gasteiger charge is -2.25. The summed E-state index contributed by atoms with van der Waals surface area (Å²) in [5, 5.41) is 10.7. The molecule has 1 unspecified atom stereocenters. The van der Waals surface area contributed by atoms with Crippen molar-refractivity contribution < 1.29 is 4.42 Å². The minimum atomic E-state index is 0.0941. The second-order valence-corrected chi connectivity index (χ2v) is 4.23. The molecule has 5 nitrogen and oxygen atoms in total. The Morgan fingerprint density at radius 3 is 3.00 bits per heavy atom. The number of fused-ring (bicyclic) bond motifs is 1. The molecule has 1 aliphatic rings. The number of aryl methyl sites for hydroxylation is 1. The van der Waals surface area contributed by atoms with Gasteiger partial charge in [0.15, 0.2) is 0 Å². The van der Waals surface area contributed by atoms with Gasteiger partial charge in [-0.25, -0.2) is 0 Å². The van der Waals surface area contributed by atoms with E-state index >= 15 is 0 Å². The monoisotopic (exact) mass is 230 g/mol. The van der Waals surface area contributed by atoms with E-state index in [9.17, 15) is 0 Å². The molecule has 1 aromatic heterocycles. The summed E-state index contributed by atoms with van der Waals surface area (Å²) in [6, 6.07) is 9.17. The van der Waals surface area contributed by atoms with Crippen molar-refractivity contribution in [2.45, 2.75) is 25.3 Å². The first-order chi connectivity index (χ1) is 8.33. The topological polar surface area (TPSA) is 77.0 Å². The number of hydrogen-bond donors (Lipinski definition) is 2. The standard InChI is InChI=1S/C12H14N4O/c13-11-15-16-12(17-11)14-10-7-3-5-8-4-1-2-6-9(8)10/h1-2,4,6,10H,3,5,7H2,(H2,13,15)(H,14,16). The highest BCUT2D eigenvalue weighted by Gasteiger charge is 2.21. The van der Waals surface area contributed by atoms with Crippen LogP contribution in [0.15, 0.2) is 28.7 Å². The predicted molar refractivity (Wildman–Crippen MR) is 64.5 cm³/mol. The van der Waals surface area contributed by atoms with Crippen LogP contribution in [0.2, 0.25) is 0 Å². The molecule has 0 radical (unpaired) electrons. The molecule has 0 fully saturated rings. The van der Waals surface area contributed by atoms with Crippen molar-refractivity contribution in [1.29, 1.82) is 0 Å². The normalized spacial score (nSPS) is 18.7. The van der Waals surface area contributed by atoms with Gasteiger partial charge >= 0.3 is 12.0 Å². The number of rotatable bonds is 2. The van der Waals surface area contributed by atoms with Crippen molar-refractivity contribution in [2.75, 3.05) is 11.1 Å². The highest BCUT2D eigenvalue weighted by molar-refractivity contribution is 5.37. The maximum atomic E-state index is 5.40. The molecule has 0 bridgehead atoms. The highest BCUT2D eigenvalue weighted by Crippen LogP contribution is 2.31. The third-order valence-electron chi connectivity index (χ3n) is 3.11. The number of aromatic nitrogens is 2. The average molecular weight is 230 g/mol. The lowest BCUT2D eigenvalue weighted by Crippen LogP contribution is -2.17. The van der Waals surface area contributed by atoms with Crippen molar-refractivity contribution in [3.8, 4) is 0 Å². The molecule has 1 heterocycles. The van der Waals surface area contributed by atoms with Crippen molar-refractivity contribution >= 4 is 12.0 Å².